The van der Waals surface area contributed by atoms with Crippen LogP contribution in [0.2, 0.25) is 0 Å². The Balaban J connectivity index is 2.80. The first-order chi connectivity index (χ1) is 8.04. The normalized spacial score (nSPS) is 12.1. The molecule has 1 heterocycles. The molecule has 1 aromatic carbocycles. The summed E-state index contributed by atoms with van der Waals surface area (Å²) in [6.45, 7) is 3.79. The number of oxime groups is 1. The summed E-state index contributed by atoms with van der Waals surface area (Å²) in [6.07, 6.45) is 0. The van der Waals surface area contributed by atoms with Crippen LogP contribution in [0.4, 0.5) is 5.69 Å². The van der Waals surface area contributed by atoms with E-state index in [1.54, 1.807) is 6.92 Å². The first kappa shape index (κ1) is 11.9. The van der Waals surface area contributed by atoms with E-state index in [9.17, 15) is 0 Å². The van der Waals surface area contributed by atoms with E-state index in [0.29, 0.717) is 5.71 Å². The number of anilines is 1. The number of rotatable bonds is 2. The topological polar surface area (TPSA) is 48.7 Å². The van der Waals surface area contributed by atoms with Gasteiger partial charge >= 0.3 is 0 Å². The van der Waals surface area contributed by atoms with Gasteiger partial charge in [0.2, 0.25) is 0 Å². The number of hydrogen-bond donors (Lipinski definition) is 1. The Kier molecular flexibility index (Phi) is 3.02. The highest BCUT2D eigenvalue weighted by atomic mass is 32.1. The smallest absolute Gasteiger partial charge is 0.0852 e. The zero-order chi connectivity index (χ0) is 12.6. The lowest BCUT2D eigenvalue weighted by molar-refractivity contribution is 0.319. The van der Waals surface area contributed by atoms with Gasteiger partial charge in [0, 0.05) is 30.7 Å². The fraction of sp³-hybridized carbons (Fsp3) is 0.333. The summed E-state index contributed by atoms with van der Waals surface area (Å²) in [5.74, 6) is 0. The molecule has 0 saturated carbocycles. The van der Waals surface area contributed by atoms with Crippen LogP contribution in [0.5, 0.6) is 0 Å². The van der Waals surface area contributed by atoms with Crippen molar-refractivity contribution < 1.29 is 5.21 Å². The average Bonchev–Trinajstić information content (AvgIpc) is 2.69. The monoisotopic (exact) mass is 249 g/mol. The summed E-state index contributed by atoms with van der Waals surface area (Å²) in [7, 11) is 3.98. The molecule has 0 fully saturated rings. The fourth-order valence-electron chi connectivity index (χ4n) is 1.72. The second kappa shape index (κ2) is 4.33. The Bertz CT molecular complexity index is 587. The second-order valence-corrected chi connectivity index (χ2v) is 4.99. The molecule has 0 bridgehead atoms. The van der Waals surface area contributed by atoms with Crippen LogP contribution in [0.15, 0.2) is 17.3 Å². The number of hydrogen-bond acceptors (Lipinski definition) is 5. The molecular weight excluding hydrogens is 234 g/mol. The van der Waals surface area contributed by atoms with Gasteiger partial charge in [-0.3, -0.25) is 0 Å². The highest BCUT2D eigenvalue weighted by Gasteiger charge is 2.12. The fourth-order valence-corrected chi connectivity index (χ4v) is 2.66. The summed E-state index contributed by atoms with van der Waals surface area (Å²) in [5, 5.41) is 13.4. The molecular formula is C12H15N3OS. The van der Waals surface area contributed by atoms with Gasteiger partial charge in [0.15, 0.2) is 0 Å². The van der Waals surface area contributed by atoms with Gasteiger partial charge in [-0.2, -0.15) is 4.37 Å². The molecule has 17 heavy (non-hydrogen) atoms. The third-order valence-corrected chi connectivity index (χ3v) is 3.78. The molecule has 0 amide bonds. The van der Waals surface area contributed by atoms with Crippen molar-refractivity contribution >= 4 is 33.0 Å². The van der Waals surface area contributed by atoms with Gasteiger partial charge in [-0.25, -0.2) is 0 Å². The zero-order valence-electron chi connectivity index (χ0n) is 10.4. The molecule has 0 atom stereocenters. The summed E-state index contributed by atoms with van der Waals surface area (Å²) in [5.41, 5.74) is 3.65. The molecule has 5 heteroatoms. The Morgan fingerprint density at radius 2 is 2.12 bits per heavy atom. The molecule has 1 aromatic heterocycles. The predicted octanol–water partition coefficient (Wildman–Crippen LogP) is 2.87. The number of aryl methyl sites for hydroxylation is 1. The summed E-state index contributed by atoms with van der Waals surface area (Å²) in [6, 6.07) is 4.14. The first-order valence-corrected chi connectivity index (χ1v) is 6.08. The van der Waals surface area contributed by atoms with Gasteiger partial charge < -0.3 is 10.1 Å². The van der Waals surface area contributed by atoms with Crippen molar-refractivity contribution in [1.82, 2.24) is 4.37 Å². The van der Waals surface area contributed by atoms with E-state index in [4.69, 9.17) is 5.21 Å². The summed E-state index contributed by atoms with van der Waals surface area (Å²) >= 11 is 1.44. The van der Waals surface area contributed by atoms with Gasteiger partial charge in [0.25, 0.3) is 0 Å². The van der Waals surface area contributed by atoms with Crippen LogP contribution in [0.1, 0.15) is 18.2 Å². The van der Waals surface area contributed by atoms with Crippen LogP contribution >= 0.6 is 11.5 Å². The van der Waals surface area contributed by atoms with E-state index in [1.165, 1.54) is 11.5 Å². The second-order valence-electron chi connectivity index (χ2n) is 4.22. The van der Waals surface area contributed by atoms with Crippen LogP contribution < -0.4 is 4.90 Å². The standard InChI is InChI=1S/C12H15N3OS/c1-7(13-16)10-5-9(15(3)4)6-11-8(2)14-17-12(10)11/h5-6,16H,1-4H3/b13-7+. The minimum atomic E-state index is 0.613. The van der Waals surface area contributed by atoms with E-state index < -0.39 is 0 Å². The molecule has 2 aromatic rings. The van der Waals surface area contributed by atoms with Crippen molar-refractivity contribution in [2.75, 3.05) is 19.0 Å². The Morgan fingerprint density at radius 3 is 2.71 bits per heavy atom. The molecule has 0 aliphatic carbocycles. The van der Waals surface area contributed by atoms with Crippen LogP contribution in [-0.4, -0.2) is 29.4 Å². The van der Waals surface area contributed by atoms with E-state index in [-0.39, 0.29) is 0 Å². The Morgan fingerprint density at radius 1 is 1.41 bits per heavy atom. The van der Waals surface area contributed by atoms with Gasteiger partial charge in [-0.15, -0.1) is 0 Å². The van der Waals surface area contributed by atoms with Gasteiger partial charge in [-0.1, -0.05) is 5.16 Å². The number of benzene rings is 1. The molecule has 4 nitrogen and oxygen atoms in total. The van der Waals surface area contributed by atoms with Crippen molar-refractivity contribution in [1.29, 1.82) is 0 Å². The summed E-state index contributed by atoms with van der Waals surface area (Å²) < 4.78 is 5.43. The number of fused-ring (bicyclic) bond motifs is 1. The summed E-state index contributed by atoms with van der Waals surface area (Å²) in [4.78, 5) is 2.03. The van der Waals surface area contributed by atoms with E-state index in [1.807, 2.05) is 32.0 Å². The molecule has 0 spiro atoms. The molecule has 0 radical (unpaired) electrons. The van der Waals surface area contributed by atoms with E-state index >= 15 is 0 Å². The molecule has 90 valence electrons. The highest BCUT2D eigenvalue weighted by Crippen LogP contribution is 2.31. The van der Waals surface area contributed by atoms with Crippen molar-refractivity contribution in [2.24, 2.45) is 5.16 Å². The van der Waals surface area contributed by atoms with Crippen LogP contribution in [0.25, 0.3) is 10.1 Å². The van der Waals surface area contributed by atoms with E-state index in [2.05, 4.69) is 15.6 Å². The zero-order valence-corrected chi connectivity index (χ0v) is 11.2. The van der Waals surface area contributed by atoms with E-state index in [0.717, 1.165) is 27.0 Å². The first-order valence-electron chi connectivity index (χ1n) is 5.31. The lowest BCUT2D eigenvalue weighted by Gasteiger charge is -2.14. The van der Waals surface area contributed by atoms with Crippen molar-refractivity contribution in [3.05, 3.63) is 23.4 Å². The lowest BCUT2D eigenvalue weighted by atomic mass is 10.1. The maximum Gasteiger partial charge on any atom is 0.0852 e. The van der Waals surface area contributed by atoms with Gasteiger partial charge in [0.05, 0.1) is 16.1 Å². The maximum atomic E-state index is 8.94. The molecule has 0 saturated heterocycles. The Labute approximate surface area is 104 Å². The van der Waals surface area contributed by atoms with Crippen molar-refractivity contribution in [3.8, 4) is 0 Å². The number of nitrogens with zero attached hydrogens (tertiary/aromatic N) is 3. The SMILES string of the molecule is C/C(=N\O)c1cc(N(C)C)cc2c(C)nsc12. The Hall–Kier alpha value is -1.62. The third kappa shape index (κ3) is 1.98. The minimum absolute atomic E-state index is 0.613. The molecule has 0 unspecified atom stereocenters. The molecule has 0 aliphatic rings. The third-order valence-electron chi connectivity index (χ3n) is 2.79. The lowest BCUT2D eigenvalue weighted by Crippen LogP contribution is -2.09. The van der Waals surface area contributed by atoms with Crippen LogP contribution in [0, 0.1) is 6.92 Å². The molecule has 2 rings (SSSR count). The van der Waals surface area contributed by atoms with Crippen molar-refractivity contribution in [2.45, 2.75) is 13.8 Å². The average molecular weight is 249 g/mol. The molecule has 1 N–H and O–H groups in total. The van der Waals surface area contributed by atoms with Crippen molar-refractivity contribution in [3.63, 3.8) is 0 Å². The van der Waals surface area contributed by atoms with Gasteiger partial charge in [-0.05, 0) is 37.5 Å². The molecule has 0 aliphatic heterocycles. The maximum absolute atomic E-state index is 8.94. The quantitative estimate of drug-likeness (QED) is 0.506. The van der Waals surface area contributed by atoms with Crippen LogP contribution in [0.3, 0.4) is 0 Å². The highest BCUT2D eigenvalue weighted by molar-refractivity contribution is 7.13. The van der Waals surface area contributed by atoms with Crippen LogP contribution in [-0.2, 0) is 0 Å². The largest absolute Gasteiger partial charge is 0.411 e. The number of aromatic nitrogens is 1. The van der Waals surface area contributed by atoms with Gasteiger partial charge in [0.1, 0.15) is 0 Å². The predicted molar refractivity (Wildman–Crippen MR) is 72.7 cm³/mol. The minimum Gasteiger partial charge on any atom is -0.411 e.